The molecule has 0 unspecified atom stereocenters. The van der Waals surface area contributed by atoms with E-state index in [2.05, 4.69) is 22.0 Å². The van der Waals surface area contributed by atoms with Gasteiger partial charge in [-0.05, 0) is 0 Å². The van der Waals surface area contributed by atoms with E-state index in [1.165, 1.54) is 18.1 Å². The zero-order valence-corrected chi connectivity index (χ0v) is 10.9. The lowest BCUT2D eigenvalue weighted by Crippen LogP contribution is -2.35. The Balaban J connectivity index is 2.18. The van der Waals surface area contributed by atoms with Gasteiger partial charge in [-0.1, -0.05) is 6.58 Å². The third kappa shape index (κ3) is 2.47. The predicted octanol–water partition coefficient (Wildman–Crippen LogP) is -1.27. The van der Waals surface area contributed by atoms with E-state index in [0.717, 1.165) is 0 Å². The van der Waals surface area contributed by atoms with E-state index in [0.29, 0.717) is 11.5 Å². The number of aromatic nitrogens is 3. The summed E-state index contributed by atoms with van der Waals surface area (Å²) in [6.45, 7) is 3.51. The summed E-state index contributed by atoms with van der Waals surface area (Å²) in [5, 5.41) is 26.3. The monoisotopic (exact) mass is 270 g/mol. The molecule has 2 heterocycles. The summed E-state index contributed by atoms with van der Waals surface area (Å²) < 4.78 is 12.0. The third-order valence-electron chi connectivity index (χ3n) is 3.10. The first-order valence-electron chi connectivity index (χ1n) is 5.87. The molecule has 0 spiro atoms. The molecule has 2 rings (SSSR count). The first kappa shape index (κ1) is 13.9. The van der Waals surface area contributed by atoms with Gasteiger partial charge in [-0.2, -0.15) is 0 Å². The van der Waals surface area contributed by atoms with Crippen molar-refractivity contribution < 1.29 is 19.7 Å². The average Bonchev–Trinajstić information content (AvgIpc) is 3.01. The fourth-order valence-electron chi connectivity index (χ4n) is 2.02. The summed E-state index contributed by atoms with van der Waals surface area (Å²) in [6.07, 6.45) is -1.43. The minimum atomic E-state index is -0.931. The molecular formula is C11H18N4O4. The van der Waals surface area contributed by atoms with Crippen molar-refractivity contribution in [2.24, 2.45) is 0 Å². The molecule has 0 aliphatic carbocycles. The zero-order chi connectivity index (χ0) is 14.0. The molecule has 0 saturated carbocycles. The third-order valence-corrected chi connectivity index (χ3v) is 3.10. The van der Waals surface area contributed by atoms with Crippen LogP contribution in [0.5, 0.6) is 0 Å². The second kappa shape index (κ2) is 5.66. The van der Waals surface area contributed by atoms with Gasteiger partial charge in [0.2, 0.25) is 0 Å². The Morgan fingerprint density at radius 3 is 2.95 bits per heavy atom. The summed E-state index contributed by atoms with van der Waals surface area (Å²) in [7, 11) is 3.17. The average molecular weight is 270 g/mol. The molecule has 0 aromatic carbocycles. The summed E-state index contributed by atoms with van der Waals surface area (Å²) in [5.74, 6) is 0.416. The Kier molecular flexibility index (Phi) is 4.15. The Bertz CT molecular complexity index is 450. The van der Waals surface area contributed by atoms with Gasteiger partial charge in [0.25, 0.3) is 0 Å². The molecule has 0 bridgehead atoms. The normalized spacial score (nSPS) is 30.5. The largest absolute Gasteiger partial charge is 0.394 e. The molecule has 1 aromatic rings. The number of nitrogens with one attached hydrogen (secondary N) is 1. The van der Waals surface area contributed by atoms with Crippen molar-refractivity contribution in [1.29, 1.82) is 0 Å². The lowest BCUT2D eigenvalue weighted by molar-refractivity contribution is -0.0602. The summed E-state index contributed by atoms with van der Waals surface area (Å²) >= 11 is 0. The summed E-state index contributed by atoms with van der Waals surface area (Å²) in [5.41, 5.74) is 0.563. The van der Waals surface area contributed by atoms with Crippen LogP contribution in [0.3, 0.4) is 0 Å². The van der Waals surface area contributed by atoms with Gasteiger partial charge in [0, 0.05) is 14.2 Å². The number of aliphatic hydroxyl groups excluding tert-OH is 2. The van der Waals surface area contributed by atoms with Gasteiger partial charge in [-0.15, -0.1) is 5.10 Å². The van der Waals surface area contributed by atoms with Crippen molar-refractivity contribution in [2.45, 2.75) is 24.5 Å². The number of rotatable bonds is 5. The molecule has 0 radical (unpaired) electrons. The quantitative estimate of drug-likeness (QED) is 0.613. The highest BCUT2D eigenvalue weighted by atomic mass is 16.6. The topological polar surface area (TPSA) is 102 Å². The van der Waals surface area contributed by atoms with Gasteiger partial charge >= 0.3 is 0 Å². The molecule has 1 fully saturated rings. The molecule has 4 atom stereocenters. The minimum Gasteiger partial charge on any atom is -0.394 e. The second-order valence-electron chi connectivity index (χ2n) is 4.22. The van der Waals surface area contributed by atoms with Crippen molar-refractivity contribution in [3.63, 3.8) is 0 Å². The molecule has 1 aliphatic heterocycles. The maximum Gasteiger partial charge on any atom is 0.196 e. The van der Waals surface area contributed by atoms with Crippen molar-refractivity contribution >= 4 is 5.70 Å². The minimum absolute atomic E-state index is 0.239. The molecule has 19 heavy (non-hydrogen) atoms. The van der Waals surface area contributed by atoms with E-state index in [1.807, 2.05) is 0 Å². The van der Waals surface area contributed by atoms with Crippen molar-refractivity contribution in [3.8, 4) is 0 Å². The van der Waals surface area contributed by atoms with E-state index in [9.17, 15) is 10.2 Å². The molecular weight excluding hydrogens is 252 g/mol. The molecule has 1 aliphatic rings. The van der Waals surface area contributed by atoms with Gasteiger partial charge in [-0.25, -0.2) is 9.67 Å². The molecule has 0 amide bonds. The van der Waals surface area contributed by atoms with Crippen molar-refractivity contribution in [1.82, 2.24) is 20.1 Å². The first-order chi connectivity index (χ1) is 9.12. The second-order valence-corrected chi connectivity index (χ2v) is 4.22. The van der Waals surface area contributed by atoms with Crippen LogP contribution in [-0.2, 0) is 9.47 Å². The van der Waals surface area contributed by atoms with E-state index in [4.69, 9.17) is 9.47 Å². The molecule has 3 N–H and O–H groups in total. The SMILES string of the molecule is C=C(NC)c1ncn([C@H]2O[C@@H](CO)[C@H](OC)[C@@H]2O)n1. The number of methoxy groups -OCH3 is 1. The van der Waals surface area contributed by atoms with E-state index < -0.39 is 24.5 Å². The van der Waals surface area contributed by atoms with Crippen LogP contribution in [0, 0.1) is 0 Å². The maximum atomic E-state index is 10.1. The summed E-state index contributed by atoms with van der Waals surface area (Å²) in [4.78, 5) is 4.06. The molecule has 1 saturated heterocycles. The van der Waals surface area contributed by atoms with Crippen LogP contribution in [0.1, 0.15) is 12.1 Å². The zero-order valence-electron chi connectivity index (χ0n) is 10.9. The molecule has 106 valence electrons. The van der Waals surface area contributed by atoms with Gasteiger partial charge in [0.1, 0.15) is 24.6 Å². The van der Waals surface area contributed by atoms with Crippen LogP contribution in [0.4, 0.5) is 0 Å². The van der Waals surface area contributed by atoms with Crippen LogP contribution in [0.15, 0.2) is 12.9 Å². The van der Waals surface area contributed by atoms with Gasteiger partial charge in [0.05, 0.1) is 12.3 Å². The Morgan fingerprint density at radius 2 is 2.42 bits per heavy atom. The number of ether oxygens (including phenoxy) is 2. The van der Waals surface area contributed by atoms with Gasteiger partial charge < -0.3 is 25.0 Å². The fourth-order valence-corrected chi connectivity index (χ4v) is 2.02. The Hall–Kier alpha value is -1.48. The first-order valence-corrected chi connectivity index (χ1v) is 5.87. The van der Waals surface area contributed by atoms with Gasteiger partial charge in [0.15, 0.2) is 12.1 Å². The van der Waals surface area contributed by atoms with E-state index in [1.54, 1.807) is 7.05 Å². The fraction of sp³-hybridized carbons (Fsp3) is 0.636. The smallest absolute Gasteiger partial charge is 0.196 e. The lowest BCUT2D eigenvalue weighted by Gasteiger charge is -2.16. The number of hydrogen-bond donors (Lipinski definition) is 3. The highest BCUT2D eigenvalue weighted by Gasteiger charge is 2.45. The molecule has 8 heteroatoms. The Morgan fingerprint density at radius 1 is 1.68 bits per heavy atom. The number of hydrogen-bond acceptors (Lipinski definition) is 7. The van der Waals surface area contributed by atoms with Crippen LogP contribution in [0.2, 0.25) is 0 Å². The van der Waals surface area contributed by atoms with Crippen LogP contribution < -0.4 is 5.32 Å². The highest BCUT2D eigenvalue weighted by molar-refractivity contribution is 5.53. The van der Waals surface area contributed by atoms with Gasteiger partial charge in [-0.3, -0.25) is 0 Å². The summed E-state index contributed by atoms with van der Waals surface area (Å²) in [6, 6.07) is 0. The van der Waals surface area contributed by atoms with Crippen molar-refractivity contribution in [3.05, 3.63) is 18.7 Å². The highest BCUT2D eigenvalue weighted by Crippen LogP contribution is 2.30. The molecule has 1 aromatic heterocycles. The number of nitrogens with zero attached hydrogens (tertiary/aromatic N) is 3. The van der Waals surface area contributed by atoms with Crippen LogP contribution >= 0.6 is 0 Å². The van der Waals surface area contributed by atoms with E-state index in [-0.39, 0.29) is 6.61 Å². The number of aliphatic hydroxyl groups is 2. The maximum absolute atomic E-state index is 10.1. The predicted molar refractivity (Wildman–Crippen MR) is 65.9 cm³/mol. The lowest BCUT2D eigenvalue weighted by atomic mass is 10.1. The van der Waals surface area contributed by atoms with E-state index >= 15 is 0 Å². The molecule has 8 nitrogen and oxygen atoms in total. The standard InChI is InChI=1S/C11H18N4O4/c1-6(12-2)10-13-5-15(14-10)11-8(17)9(18-3)7(4-16)19-11/h5,7-9,11-12,16-17H,1,4H2,2-3H3/t7-,8-,9-,11-/m0/s1. The van der Waals surface area contributed by atoms with Crippen molar-refractivity contribution in [2.75, 3.05) is 20.8 Å². The van der Waals surface area contributed by atoms with Crippen LogP contribution in [-0.4, -0.2) is 64.1 Å². The van der Waals surface area contributed by atoms with Crippen LogP contribution in [0.25, 0.3) is 5.70 Å². The Labute approximate surface area is 110 Å².